The van der Waals surface area contributed by atoms with Gasteiger partial charge in [-0.1, -0.05) is 18.2 Å². The van der Waals surface area contributed by atoms with E-state index in [1.807, 2.05) is 25.1 Å². The standard InChI is InChI=1S/C27H33F2N3O3/c1-17-16-20-19-6-3-4-7-22(19)31-26(20)27(32(17)14-10-24(33)34)25-18(2)23(9-8-21(25)29)35-15-13-30-12-5-11-28/h3-4,6-9,17,27,30-31H,5,10-16H2,1-2H3,(H,33,34)/t17-,27-/m1/s1. The highest BCUT2D eigenvalue weighted by molar-refractivity contribution is 5.85. The molecule has 1 aliphatic heterocycles. The van der Waals surface area contributed by atoms with Crippen molar-refractivity contribution in [2.75, 3.05) is 32.9 Å². The molecule has 1 aliphatic rings. The minimum absolute atomic E-state index is 0.0223. The highest BCUT2D eigenvalue weighted by atomic mass is 19.1. The van der Waals surface area contributed by atoms with Crippen molar-refractivity contribution in [1.29, 1.82) is 0 Å². The maximum atomic E-state index is 15.5. The number of aliphatic carboxylic acids is 1. The fourth-order valence-corrected chi connectivity index (χ4v) is 5.11. The minimum atomic E-state index is -0.882. The molecule has 0 fully saturated rings. The molecule has 188 valence electrons. The predicted octanol–water partition coefficient (Wildman–Crippen LogP) is 4.75. The van der Waals surface area contributed by atoms with Gasteiger partial charge in [0.1, 0.15) is 18.2 Å². The number of alkyl halides is 1. The second kappa shape index (κ2) is 11.2. The summed E-state index contributed by atoms with van der Waals surface area (Å²) in [6.45, 7) is 5.37. The van der Waals surface area contributed by atoms with E-state index in [9.17, 15) is 14.3 Å². The molecular formula is C27H33F2N3O3. The van der Waals surface area contributed by atoms with Crippen LogP contribution in [0.15, 0.2) is 36.4 Å². The van der Waals surface area contributed by atoms with Crippen LogP contribution in [0.1, 0.15) is 48.2 Å². The van der Waals surface area contributed by atoms with Crippen LogP contribution < -0.4 is 10.1 Å². The Morgan fingerprint density at radius 2 is 2.06 bits per heavy atom. The van der Waals surface area contributed by atoms with Crippen molar-refractivity contribution in [2.24, 2.45) is 0 Å². The molecule has 3 N–H and O–H groups in total. The van der Waals surface area contributed by atoms with Gasteiger partial charge in [0.15, 0.2) is 0 Å². The molecule has 0 unspecified atom stereocenters. The van der Waals surface area contributed by atoms with Gasteiger partial charge in [-0.25, -0.2) is 4.39 Å². The van der Waals surface area contributed by atoms with Crippen molar-refractivity contribution in [3.63, 3.8) is 0 Å². The second-order valence-electron chi connectivity index (χ2n) is 9.13. The fraction of sp³-hybridized carbons (Fsp3) is 0.444. The molecule has 4 rings (SSSR count). The number of carboxylic acid groups (broad SMARTS) is 1. The van der Waals surface area contributed by atoms with Crippen LogP contribution >= 0.6 is 0 Å². The smallest absolute Gasteiger partial charge is 0.304 e. The number of halogens is 2. The number of ether oxygens (including phenoxy) is 1. The number of nitrogens with one attached hydrogen (secondary N) is 2. The zero-order chi connectivity index (χ0) is 24.9. The number of hydrogen-bond acceptors (Lipinski definition) is 4. The first-order chi connectivity index (χ1) is 16.9. The first kappa shape index (κ1) is 25.1. The normalized spacial score (nSPS) is 18.1. The SMILES string of the molecule is Cc1c(OCCNCCCF)ccc(F)c1[C@@H]1c2[nH]c3ccccc3c2C[C@@H](C)N1CCC(=O)O. The monoisotopic (exact) mass is 485 g/mol. The Labute approximate surface area is 204 Å². The van der Waals surface area contributed by atoms with E-state index in [0.717, 1.165) is 28.6 Å². The summed E-state index contributed by atoms with van der Waals surface area (Å²) in [5.41, 5.74) is 4.23. The largest absolute Gasteiger partial charge is 0.492 e. The predicted molar refractivity (Wildman–Crippen MR) is 132 cm³/mol. The molecule has 0 radical (unpaired) electrons. The van der Waals surface area contributed by atoms with Crippen molar-refractivity contribution in [2.45, 2.75) is 45.2 Å². The molecule has 2 atom stereocenters. The van der Waals surface area contributed by atoms with Gasteiger partial charge in [-0.2, -0.15) is 0 Å². The van der Waals surface area contributed by atoms with E-state index < -0.39 is 12.0 Å². The highest BCUT2D eigenvalue weighted by Gasteiger charge is 2.38. The third kappa shape index (κ3) is 5.33. The summed E-state index contributed by atoms with van der Waals surface area (Å²) in [5.74, 6) is -0.643. The number of benzene rings is 2. The van der Waals surface area contributed by atoms with Crippen LogP contribution in [0.3, 0.4) is 0 Å². The zero-order valence-corrected chi connectivity index (χ0v) is 20.2. The maximum absolute atomic E-state index is 15.5. The number of carbonyl (C=O) groups is 1. The van der Waals surface area contributed by atoms with Crippen LogP contribution in [0.25, 0.3) is 10.9 Å². The zero-order valence-electron chi connectivity index (χ0n) is 20.2. The van der Waals surface area contributed by atoms with E-state index in [4.69, 9.17) is 4.74 Å². The first-order valence-electron chi connectivity index (χ1n) is 12.2. The van der Waals surface area contributed by atoms with Crippen molar-refractivity contribution >= 4 is 16.9 Å². The Morgan fingerprint density at radius 3 is 2.83 bits per heavy atom. The summed E-state index contributed by atoms with van der Waals surface area (Å²) in [6.07, 6.45) is 1.17. The Bertz CT molecular complexity index is 1180. The second-order valence-corrected chi connectivity index (χ2v) is 9.13. The average Bonchev–Trinajstić information content (AvgIpc) is 3.20. The molecule has 6 nitrogen and oxygen atoms in total. The lowest BCUT2D eigenvalue weighted by molar-refractivity contribution is -0.137. The summed E-state index contributed by atoms with van der Waals surface area (Å²) in [4.78, 5) is 17.0. The van der Waals surface area contributed by atoms with Gasteiger partial charge in [-0.3, -0.25) is 14.1 Å². The third-order valence-electron chi connectivity index (χ3n) is 6.81. The van der Waals surface area contributed by atoms with Gasteiger partial charge < -0.3 is 20.1 Å². The van der Waals surface area contributed by atoms with Crippen LogP contribution in [0.4, 0.5) is 8.78 Å². The van der Waals surface area contributed by atoms with Crippen LogP contribution in [-0.2, 0) is 11.2 Å². The summed E-state index contributed by atoms with van der Waals surface area (Å²) >= 11 is 0. The summed E-state index contributed by atoms with van der Waals surface area (Å²) in [6, 6.07) is 10.7. The average molecular weight is 486 g/mol. The molecule has 0 amide bonds. The molecular weight excluding hydrogens is 452 g/mol. The molecule has 2 heterocycles. The molecule has 0 saturated heterocycles. The molecule has 2 aromatic carbocycles. The van der Waals surface area contributed by atoms with Crippen molar-refractivity contribution in [1.82, 2.24) is 15.2 Å². The Kier molecular flexibility index (Phi) is 8.03. The van der Waals surface area contributed by atoms with E-state index in [0.29, 0.717) is 49.5 Å². The fourth-order valence-electron chi connectivity index (χ4n) is 5.11. The molecule has 35 heavy (non-hydrogen) atoms. The van der Waals surface area contributed by atoms with Crippen molar-refractivity contribution in [3.8, 4) is 5.75 Å². The lowest BCUT2D eigenvalue weighted by Crippen LogP contribution is -2.44. The number of aromatic amines is 1. The highest BCUT2D eigenvalue weighted by Crippen LogP contribution is 2.43. The van der Waals surface area contributed by atoms with Crippen LogP contribution in [0.5, 0.6) is 5.75 Å². The Balaban J connectivity index is 1.72. The summed E-state index contributed by atoms with van der Waals surface area (Å²) in [5, 5.41) is 13.6. The van der Waals surface area contributed by atoms with Crippen LogP contribution in [0, 0.1) is 12.7 Å². The van der Waals surface area contributed by atoms with Gasteiger partial charge in [0.2, 0.25) is 0 Å². The van der Waals surface area contributed by atoms with E-state index in [1.165, 1.54) is 6.07 Å². The number of hydrogen-bond donors (Lipinski definition) is 3. The van der Waals surface area contributed by atoms with Crippen LogP contribution in [0.2, 0.25) is 0 Å². The van der Waals surface area contributed by atoms with Crippen molar-refractivity contribution in [3.05, 3.63) is 64.6 Å². The molecule has 0 saturated carbocycles. The van der Waals surface area contributed by atoms with Gasteiger partial charge in [0.05, 0.1) is 19.1 Å². The first-order valence-corrected chi connectivity index (χ1v) is 12.2. The molecule has 1 aromatic heterocycles. The lowest BCUT2D eigenvalue weighted by atomic mass is 9.86. The number of nitrogens with zero attached hydrogens (tertiary/aromatic N) is 1. The van der Waals surface area contributed by atoms with Gasteiger partial charge in [0.25, 0.3) is 0 Å². The van der Waals surface area contributed by atoms with E-state index in [2.05, 4.69) is 28.2 Å². The van der Waals surface area contributed by atoms with Gasteiger partial charge in [-0.15, -0.1) is 0 Å². The molecule has 8 heteroatoms. The van der Waals surface area contributed by atoms with Crippen LogP contribution in [-0.4, -0.2) is 59.9 Å². The quantitative estimate of drug-likeness (QED) is 0.342. The Hall–Kier alpha value is -2.97. The van der Waals surface area contributed by atoms with Gasteiger partial charge in [0, 0.05) is 41.3 Å². The van der Waals surface area contributed by atoms with E-state index in [-0.39, 0.29) is 25.0 Å². The number of para-hydroxylation sites is 1. The summed E-state index contributed by atoms with van der Waals surface area (Å²) < 4.78 is 33.8. The number of rotatable bonds is 11. The topological polar surface area (TPSA) is 77.6 Å². The van der Waals surface area contributed by atoms with E-state index in [1.54, 1.807) is 6.07 Å². The third-order valence-corrected chi connectivity index (χ3v) is 6.81. The molecule has 0 bridgehead atoms. The Morgan fingerprint density at radius 1 is 1.26 bits per heavy atom. The van der Waals surface area contributed by atoms with Gasteiger partial charge >= 0.3 is 5.97 Å². The lowest BCUT2D eigenvalue weighted by Gasteiger charge is -2.41. The molecule has 0 aliphatic carbocycles. The van der Waals surface area contributed by atoms with E-state index >= 15 is 4.39 Å². The summed E-state index contributed by atoms with van der Waals surface area (Å²) in [7, 11) is 0. The molecule has 0 spiro atoms. The van der Waals surface area contributed by atoms with Gasteiger partial charge in [-0.05, 0) is 62.6 Å². The number of carboxylic acids is 1. The number of H-pyrrole nitrogens is 1. The van der Waals surface area contributed by atoms with Crippen molar-refractivity contribution < 1.29 is 23.4 Å². The maximum Gasteiger partial charge on any atom is 0.304 e. The molecule has 3 aromatic rings. The minimum Gasteiger partial charge on any atom is -0.492 e. The number of aromatic nitrogens is 1. The number of fused-ring (bicyclic) bond motifs is 3.